The molecule has 1 unspecified atom stereocenters. The first-order valence-electron chi connectivity index (χ1n) is 7.61. The number of aryl methyl sites for hydroxylation is 1. The highest BCUT2D eigenvalue weighted by Gasteiger charge is 2.23. The predicted octanol–water partition coefficient (Wildman–Crippen LogP) is 3.34. The Kier molecular flexibility index (Phi) is 4.23. The average Bonchev–Trinajstić information content (AvgIpc) is 3.34. The SMILES string of the molecule is CCc1ccc(C(NN)c2ccc(OC3CC3)cc2)cc1. The van der Waals surface area contributed by atoms with Gasteiger partial charge < -0.3 is 4.74 Å². The highest BCUT2D eigenvalue weighted by molar-refractivity contribution is 5.36. The summed E-state index contributed by atoms with van der Waals surface area (Å²) >= 11 is 0. The zero-order chi connectivity index (χ0) is 14.7. The molecule has 110 valence electrons. The molecule has 21 heavy (non-hydrogen) atoms. The topological polar surface area (TPSA) is 47.3 Å². The van der Waals surface area contributed by atoms with E-state index in [0.29, 0.717) is 6.10 Å². The smallest absolute Gasteiger partial charge is 0.119 e. The molecule has 0 amide bonds. The fourth-order valence-corrected chi connectivity index (χ4v) is 2.45. The van der Waals surface area contributed by atoms with Crippen LogP contribution in [0.5, 0.6) is 5.75 Å². The summed E-state index contributed by atoms with van der Waals surface area (Å²) in [6, 6.07) is 16.8. The maximum absolute atomic E-state index is 5.78. The second kappa shape index (κ2) is 6.29. The number of ether oxygens (including phenoxy) is 1. The third kappa shape index (κ3) is 3.43. The number of benzene rings is 2. The van der Waals surface area contributed by atoms with Crippen LogP contribution in [-0.2, 0) is 6.42 Å². The fraction of sp³-hybridized carbons (Fsp3) is 0.333. The van der Waals surface area contributed by atoms with E-state index in [1.165, 1.54) is 24.0 Å². The van der Waals surface area contributed by atoms with Crippen LogP contribution in [0.1, 0.15) is 42.5 Å². The Morgan fingerprint density at radius 2 is 1.62 bits per heavy atom. The van der Waals surface area contributed by atoms with E-state index in [4.69, 9.17) is 10.6 Å². The van der Waals surface area contributed by atoms with Crippen molar-refractivity contribution in [3.05, 3.63) is 65.2 Å². The Balaban J connectivity index is 1.77. The molecule has 3 N–H and O–H groups in total. The predicted molar refractivity (Wildman–Crippen MR) is 85.1 cm³/mol. The molecule has 0 saturated heterocycles. The van der Waals surface area contributed by atoms with E-state index in [2.05, 4.69) is 48.7 Å². The summed E-state index contributed by atoms with van der Waals surface area (Å²) in [6.45, 7) is 2.16. The molecular formula is C18H22N2O. The van der Waals surface area contributed by atoms with E-state index < -0.39 is 0 Å². The van der Waals surface area contributed by atoms with Gasteiger partial charge in [0.1, 0.15) is 5.75 Å². The van der Waals surface area contributed by atoms with Crippen LogP contribution in [0.25, 0.3) is 0 Å². The van der Waals surface area contributed by atoms with E-state index in [-0.39, 0.29) is 6.04 Å². The van der Waals surface area contributed by atoms with Gasteiger partial charge in [-0.3, -0.25) is 5.84 Å². The molecule has 0 spiro atoms. The van der Waals surface area contributed by atoms with Crippen LogP contribution in [0.15, 0.2) is 48.5 Å². The number of rotatable bonds is 6. The van der Waals surface area contributed by atoms with Crippen LogP contribution in [0.3, 0.4) is 0 Å². The highest BCUT2D eigenvalue weighted by atomic mass is 16.5. The summed E-state index contributed by atoms with van der Waals surface area (Å²) in [4.78, 5) is 0. The van der Waals surface area contributed by atoms with Crippen molar-refractivity contribution in [1.29, 1.82) is 0 Å². The van der Waals surface area contributed by atoms with Crippen LogP contribution < -0.4 is 16.0 Å². The summed E-state index contributed by atoms with van der Waals surface area (Å²) in [5, 5.41) is 0. The van der Waals surface area contributed by atoms with Crippen molar-refractivity contribution < 1.29 is 4.74 Å². The lowest BCUT2D eigenvalue weighted by molar-refractivity contribution is 0.303. The molecule has 0 radical (unpaired) electrons. The Morgan fingerprint density at radius 1 is 1.05 bits per heavy atom. The molecule has 3 rings (SSSR count). The van der Waals surface area contributed by atoms with Gasteiger partial charge in [-0.1, -0.05) is 43.3 Å². The minimum absolute atomic E-state index is 0.00545. The van der Waals surface area contributed by atoms with Crippen LogP contribution in [0, 0.1) is 0 Å². The third-order valence-corrected chi connectivity index (χ3v) is 3.93. The third-order valence-electron chi connectivity index (χ3n) is 3.93. The molecule has 2 aromatic rings. The number of hydrogen-bond acceptors (Lipinski definition) is 3. The lowest BCUT2D eigenvalue weighted by Crippen LogP contribution is -2.28. The Morgan fingerprint density at radius 3 is 2.10 bits per heavy atom. The zero-order valence-corrected chi connectivity index (χ0v) is 12.4. The van der Waals surface area contributed by atoms with E-state index in [1.54, 1.807) is 0 Å². The van der Waals surface area contributed by atoms with Crippen molar-refractivity contribution in [2.45, 2.75) is 38.3 Å². The van der Waals surface area contributed by atoms with E-state index in [9.17, 15) is 0 Å². The molecule has 1 saturated carbocycles. The quantitative estimate of drug-likeness (QED) is 0.631. The van der Waals surface area contributed by atoms with Gasteiger partial charge in [-0.2, -0.15) is 0 Å². The standard InChI is InChI=1S/C18H22N2O/c1-2-13-3-5-14(6-4-13)18(20-19)15-7-9-16(10-8-15)21-17-11-12-17/h3-10,17-18,20H,2,11-12,19H2,1H3. The number of nitrogens with two attached hydrogens (primary N) is 1. The fourth-order valence-electron chi connectivity index (χ4n) is 2.45. The van der Waals surface area contributed by atoms with Gasteiger partial charge in [0.05, 0.1) is 12.1 Å². The van der Waals surface area contributed by atoms with E-state index in [0.717, 1.165) is 17.7 Å². The van der Waals surface area contributed by atoms with Gasteiger partial charge in [-0.25, -0.2) is 5.43 Å². The lowest BCUT2D eigenvalue weighted by Gasteiger charge is -2.18. The molecule has 3 nitrogen and oxygen atoms in total. The van der Waals surface area contributed by atoms with Crippen molar-refractivity contribution in [2.24, 2.45) is 5.84 Å². The van der Waals surface area contributed by atoms with Crippen molar-refractivity contribution in [3.8, 4) is 5.75 Å². The minimum Gasteiger partial charge on any atom is -0.490 e. The van der Waals surface area contributed by atoms with Gasteiger partial charge in [-0.15, -0.1) is 0 Å². The van der Waals surface area contributed by atoms with Gasteiger partial charge in [0, 0.05) is 0 Å². The molecule has 1 aliphatic carbocycles. The largest absolute Gasteiger partial charge is 0.490 e. The first kappa shape index (κ1) is 14.1. The summed E-state index contributed by atoms with van der Waals surface area (Å²) in [7, 11) is 0. The molecule has 0 aromatic heterocycles. The maximum Gasteiger partial charge on any atom is 0.119 e. The highest BCUT2D eigenvalue weighted by Crippen LogP contribution is 2.28. The van der Waals surface area contributed by atoms with Crippen molar-refractivity contribution in [1.82, 2.24) is 5.43 Å². The number of nitrogens with one attached hydrogen (secondary N) is 1. The molecule has 0 bridgehead atoms. The van der Waals surface area contributed by atoms with E-state index >= 15 is 0 Å². The summed E-state index contributed by atoms with van der Waals surface area (Å²) in [6.07, 6.45) is 3.84. The molecule has 3 heteroatoms. The lowest BCUT2D eigenvalue weighted by atomic mass is 9.98. The normalized spacial score (nSPS) is 15.7. The zero-order valence-electron chi connectivity index (χ0n) is 12.4. The Bertz CT molecular complexity index is 573. The molecule has 1 atom stereocenters. The second-order valence-corrected chi connectivity index (χ2v) is 5.58. The number of hydrogen-bond donors (Lipinski definition) is 2. The van der Waals surface area contributed by atoms with E-state index in [1.807, 2.05) is 12.1 Å². The van der Waals surface area contributed by atoms with Gasteiger partial charge in [0.25, 0.3) is 0 Å². The van der Waals surface area contributed by atoms with Crippen LogP contribution in [-0.4, -0.2) is 6.10 Å². The van der Waals surface area contributed by atoms with Crippen LogP contribution in [0.2, 0.25) is 0 Å². The summed E-state index contributed by atoms with van der Waals surface area (Å²) in [5.74, 6) is 6.70. The average molecular weight is 282 g/mol. The molecule has 1 aliphatic rings. The first-order valence-corrected chi connectivity index (χ1v) is 7.61. The monoisotopic (exact) mass is 282 g/mol. The molecule has 0 aliphatic heterocycles. The van der Waals surface area contributed by atoms with Crippen LogP contribution in [0.4, 0.5) is 0 Å². The minimum atomic E-state index is 0.00545. The second-order valence-electron chi connectivity index (χ2n) is 5.58. The molecule has 2 aromatic carbocycles. The Hall–Kier alpha value is -1.84. The van der Waals surface area contributed by atoms with Gasteiger partial charge in [0.2, 0.25) is 0 Å². The molecule has 0 heterocycles. The molecule has 1 fully saturated rings. The summed E-state index contributed by atoms with van der Waals surface area (Å²) < 4.78 is 5.78. The van der Waals surface area contributed by atoms with Crippen LogP contribution >= 0.6 is 0 Å². The number of hydrazine groups is 1. The van der Waals surface area contributed by atoms with Gasteiger partial charge >= 0.3 is 0 Å². The van der Waals surface area contributed by atoms with Gasteiger partial charge in [0.15, 0.2) is 0 Å². The van der Waals surface area contributed by atoms with Crippen molar-refractivity contribution >= 4 is 0 Å². The van der Waals surface area contributed by atoms with Gasteiger partial charge in [-0.05, 0) is 48.1 Å². The van der Waals surface area contributed by atoms with Crippen molar-refractivity contribution in [3.63, 3.8) is 0 Å². The first-order chi connectivity index (χ1) is 10.3. The Labute approximate surface area is 126 Å². The summed E-state index contributed by atoms with van der Waals surface area (Å²) in [5.41, 5.74) is 6.55. The van der Waals surface area contributed by atoms with Crippen molar-refractivity contribution in [2.75, 3.05) is 0 Å². The maximum atomic E-state index is 5.78. The molecular weight excluding hydrogens is 260 g/mol.